The van der Waals surface area contributed by atoms with E-state index in [9.17, 15) is 0 Å². The lowest BCUT2D eigenvalue weighted by Crippen LogP contribution is -2.53. The number of anilines is 2. The molecule has 0 spiro atoms. The number of hydrogen-bond donors (Lipinski definition) is 1. The molecule has 6 heteroatoms. The normalized spacial score (nSPS) is 25.5. The Morgan fingerprint density at radius 1 is 1.38 bits per heavy atom. The predicted molar refractivity (Wildman–Crippen MR) is 81.6 cm³/mol. The van der Waals surface area contributed by atoms with Crippen molar-refractivity contribution in [2.24, 2.45) is 0 Å². The summed E-state index contributed by atoms with van der Waals surface area (Å²) in [6, 6.07) is 2.47. The standard InChI is InChI=1S/C15H24N4O2/c1-16-13-9-15(18-14(17-13)10-20-2)19-7-8-21-12-6-4-3-5-11(12)19/h9,11-12H,3-8,10H2,1-2H3,(H,16,17,18). The molecule has 6 nitrogen and oxygen atoms in total. The third-order valence-corrected chi connectivity index (χ3v) is 4.31. The average Bonchev–Trinajstić information content (AvgIpc) is 2.54. The SMILES string of the molecule is CNc1cc(N2CCOC3CCCCC32)nc(COC)n1. The molecular weight excluding hydrogens is 268 g/mol. The Labute approximate surface area is 125 Å². The van der Waals surface area contributed by atoms with Crippen LogP contribution in [0.15, 0.2) is 6.07 Å². The van der Waals surface area contributed by atoms with E-state index >= 15 is 0 Å². The fraction of sp³-hybridized carbons (Fsp3) is 0.733. The summed E-state index contributed by atoms with van der Waals surface area (Å²) in [5.74, 6) is 2.55. The summed E-state index contributed by atoms with van der Waals surface area (Å²) >= 11 is 0. The fourth-order valence-corrected chi connectivity index (χ4v) is 3.33. The number of fused-ring (bicyclic) bond motifs is 1. The number of morpholine rings is 1. The van der Waals surface area contributed by atoms with Gasteiger partial charge in [0.2, 0.25) is 0 Å². The van der Waals surface area contributed by atoms with Crippen molar-refractivity contribution in [1.29, 1.82) is 0 Å². The molecule has 116 valence electrons. The Balaban J connectivity index is 1.88. The monoisotopic (exact) mass is 292 g/mol. The molecule has 0 bridgehead atoms. The van der Waals surface area contributed by atoms with Gasteiger partial charge in [0.1, 0.15) is 18.2 Å². The molecule has 21 heavy (non-hydrogen) atoms. The Bertz CT molecular complexity index is 481. The Morgan fingerprint density at radius 2 is 2.24 bits per heavy atom. The quantitative estimate of drug-likeness (QED) is 0.913. The van der Waals surface area contributed by atoms with E-state index in [1.165, 1.54) is 19.3 Å². The second kappa shape index (κ2) is 6.58. The molecule has 0 aromatic carbocycles. The van der Waals surface area contributed by atoms with Crippen molar-refractivity contribution in [2.45, 2.75) is 44.4 Å². The molecule has 2 fully saturated rings. The maximum atomic E-state index is 5.94. The van der Waals surface area contributed by atoms with Crippen LogP contribution in [0.4, 0.5) is 11.6 Å². The summed E-state index contributed by atoms with van der Waals surface area (Å²) in [5.41, 5.74) is 0. The van der Waals surface area contributed by atoms with Crippen molar-refractivity contribution in [3.63, 3.8) is 0 Å². The van der Waals surface area contributed by atoms with Gasteiger partial charge in [0.25, 0.3) is 0 Å². The van der Waals surface area contributed by atoms with Gasteiger partial charge < -0.3 is 19.7 Å². The average molecular weight is 292 g/mol. The van der Waals surface area contributed by atoms with Crippen LogP contribution in [0.3, 0.4) is 0 Å². The van der Waals surface area contributed by atoms with E-state index in [0.29, 0.717) is 18.8 Å². The maximum absolute atomic E-state index is 5.94. The van der Waals surface area contributed by atoms with Crippen molar-refractivity contribution >= 4 is 11.6 Å². The minimum atomic E-state index is 0.353. The van der Waals surface area contributed by atoms with Gasteiger partial charge >= 0.3 is 0 Å². The Kier molecular flexibility index (Phi) is 4.55. The molecule has 2 unspecified atom stereocenters. The van der Waals surface area contributed by atoms with E-state index in [1.54, 1.807) is 7.11 Å². The molecule has 1 N–H and O–H groups in total. The molecule has 3 rings (SSSR count). The van der Waals surface area contributed by atoms with Crippen molar-refractivity contribution in [1.82, 2.24) is 9.97 Å². The molecule has 2 aliphatic rings. The number of nitrogens with one attached hydrogen (secondary N) is 1. The highest BCUT2D eigenvalue weighted by Gasteiger charge is 2.35. The van der Waals surface area contributed by atoms with E-state index in [-0.39, 0.29) is 0 Å². The highest BCUT2D eigenvalue weighted by molar-refractivity contribution is 5.50. The van der Waals surface area contributed by atoms with Gasteiger partial charge in [-0.2, -0.15) is 0 Å². The zero-order valence-electron chi connectivity index (χ0n) is 12.8. The number of methoxy groups -OCH3 is 1. The van der Waals surface area contributed by atoms with Gasteiger partial charge in [-0.3, -0.25) is 0 Å². The van der Waals surface area contributed by atoms with Crippen LogP contribution in [0.25, 0.3) is 0 Å². The van der Waals surface area contributed by atoms with Gasteiger partial charge in [0.15, 0.2) is 5.82 Å². The molecule has 1 aliphatic carbocycles. The van der Waals surface area contributed by atoms with Crippen LogP contribution in [-0.2, 0) is 16.1 Å². The molecule has 2 atom stereocenters. The Morgan fingerprint density at radius 3 is 3.05 bits per heavy atom. The van der Waals surface area contributed by atoms with Crippen molar-refractivity contribution in [3.8, 4) is 0 Å². The van der Waals surface area contributed by atoms with Gasteiger partial charge in [-0.25, -0.2) is 9.97 Å². The van der Waals surface area contributed by atoms with Crippen LogP contribution in [0.2, 0.25) is 0 Å². The van der Waals surface area contributed by atoms with Gasteiger partial charge in [-0.05, 0) is 12.8 Å². The number of hydrogen-bond acceptors (Lipinski definition) is 6. The van der Waals surface area contributed by atoms with E-state index in [4.69, 9.17) is 9.47 Å². The van der Waals surface area contributed by atoms with Crippen molar-refractivity contribution in [2.75, 3.05) is 37.5 Å². The van der Waals surface area contributed by atoms with Gasteiger partial charge in [-0.1, -0.05) is 12.8 Å². The van der Waals surface area contributed by atoms with E-state index in [2.05, 4.69) is 20.2 Å². The van der Waals surface area contributed by atoms with Crippen LogP contribution in [0.5, 0.6) is 0 Å². The van der Waals surface area contributed by atoms with Gasteiger partial charge in [0, 0.05) is 26.8 Å². The second-order valence-electron chi connectivity index (χ2n) is 5.67. The molecule has 0 amide bonds. The molecule has 1 aromatic heterocycles. The first-order chi connectivity index (χ1) is 10.3. The predicted octanol–water partition coefficient (Wildman–Crippen LogP) is 1.81. The van der Waals surface area contributed by atoms with E-state index in [0.717, 1.165) is 37.0 Å². The molecule has 1 saturated heterocycles. The fourth-order valence-electron chi connectivity index (χ4n) is 3.33. The number of nitrogens with zero attached hydrogens (tertiary/aromatic N) is 3. The minimum Gasteiger partial charge on any atom is -0.377 e. The largest absolute Gasteiger partial charge is 0.377 e. The molecule has 1 saturated carbocycles. The first kappa shape index (κ1) is 14.5. The number of ether oxygens (including phenoxy) is 2. The van der Waals surface area contributed by atoms with Gasteiger partial charge in [0.05, 0.1) is 18.8 Å². The first-order valence-corrected chi connectivity index (χ1v) is 7.74. The summed E-state index contributed by atoms with van der Waals surface area (Å²) in [6.07, 6.45) is 5.25. The molecular formula is C15H24N4O2. The summed E-state index contributed by atoms with van der Waals surface area (Å²) in [7, 11) is 3.55. The summed E-state index contributed by atoms with van der Waals surface area (Å²) in [6.45, 7) is 2.11. The van der Waals surface area contributed by atoms with Crippen LogP contribution in [0.1, 0.15) is 31.5 Å². The highest BCUT2D eigenvalue weighted by Crippen LogP contribution is 2.31. The highest BCUT2D eigenvalue weighted by atomic mass is 16.5. The van der Waals surface area contributed by atoms with Crippen LogP contribution in [0, 0.1) is 0 Å². The topological polar surface area (TPSA) is 59.5 Å². The maximum Gasteiger partial charge on any atom is 0.158 e. The smallest absolute Gasteiger partial charge is 0.158 e. The molecule has 1 aromatic rings. The zero-order valence-corrected chi connectivity index (χ0v) is 12.8. The van der Waals surface area contributed by atoms with Crippen molar-refractivity contribution in [3.05, 3.63) is 11.9 Å². The third-order valence-electron chi connectivity index (χ3n) is 4.31. The molecule has 2 heterocycles. The summed E-state index contributed by atoms with van der Waals surface area (Å²) in [5, 5.41) is 3.11. The third kappa shape index (κ3) is 3.11. The van der Waals surface area contributed by atoms with Crippen LogP contribution < -0.4 is 10.2 Å². The van der Waals surface area contributed by atoms with Crippen molar-refractivity contribution < 1.29 is 9.47 Å². The second-order valence-corrected chi connectivity index (χ2v) is 5.67. The lowest BCUT2D eigenvalue weighted by atomic mass is 9.90. The number of aromatic nitrogens is 2. The van der Waals surface area contributed by atoms with E-state index in [1.807, 2.05) is 13.1 Å². The lowest BCUT2D eigenvalue weighted by molar-refractivity contribution is -0.00902. The lowest BCUT2D eigenvalue weighted by Gasteiger charge is -2.44. The van der Waals surface area contributed by atoms with Gasteiger partial charge in [-0.15, -0.1) is 0 Å². The Hall–Kier alpha value is -1.40. The zero-order chi connectivity index (χ0) is 14.7. The summed E-state index contributed by atoms with van der Waals surface area (Å²) < 4.78 is 11.1. The molecule has 0 radical (unpaired) electrons. The van der Waals surface area contributed by atoms with Crippen LogP contribution >= 0.6 is 0 Å². The molecule has 1 aliphatic heterocycles. The van der Waals surface area contributed by atoms with Crippen LogP contribution in [-0.4, -0.2) is 49.4 Å². The first-order valence-electron chi connectivity index (χ1n) is 7.74. The number of rotatable bonds is 4. The summed E-state index contributed by atoms with van der Waals surface area (Å²) in [4.78, 5) is 11.5. The van der Waals surface area contributed by atoms with E-state index < -0.39 is 0 Å². The minimum absolute atomic E-state index is 0.353.